The first-order chi connectivity index (χ1) is 17.7. The zero-order valence-electron chi connectivity index (χ0n) is 22.0. The van der Waals surface area contributed by atoms with E-state index in [1.807, 2.05) is 82.3 Å². The molecule has 0 aromatic heterocycles. The number of nitrogens with one attached hydrogen (secondary N) is 2. The molecule has 3 rings (SSSR count). The summed E-state index contributed by atoms with van der Waals surface area (Å²) < 4.78 is 4.85. The molecule has 0 aliphatic heterocycles. The van der Waals surface area contributed by atoms with E-state index >= 15 is 0 Å². The van der Waals surface area contributed by atoms with Crippen molar-refractivity contribution in [3.63, 3.8) is 0 Å². The predicted octanol–water partition coefficient (Wildman–Crippen LogP) is 3.51. The molecule has 0 spiro atoms. The van der Waals surface area contributed by atoms with Crippen LogP contribution in [0.25, 0.3) is 0 Å². The Bertz CT molecular complexity index is 1160. The maximum Gasteiger partial charge on any atom is 0.328 e. The molecular weight excluding hydrogens is 483 g/mol. The molecule has 37 heavy (non-hydrogen) atoms. The summed E-state index contributed by atoms with van der Waals surface area (Å²) in [4.78, 5) is 39.1. The molecule has 3 aromatic carbocycles. The summed E-state index contributed by atoms with van der Waals surface area (Å²) in [5, 5.41) is 8.87. The van der Waals surface area contributed by atoms with Gasteiger partial charge < -0.3 is 15.4 Å². The van der Waals surface area contributed by atoms with Crippen molar-refractivity contribution in [2.45, 2.75) is 39.8 Å². The van der Waals surface area contributed by atoms with Crippen LogP contribution in [0.1, 0.15) is 38.1 Å². The highest BCUT2D eigenvalue weighted by Gasteiger charge is 2.32. The Labute approximate surface area is 220 Å². The van der Waals surface area contributed by atoms with Gasteiger partial charge in [0.25, 0.3) is 5.91 Å². The second-order valence-corrected chi connectivity index (χ2v) is 11.7. The monoisotopic (exact) mass is 518 g/mol. The molecule has 0 unspecified atom stereocenters. The quantitative estimate of drug-likeness (QED) is 0.318. The fourth-order valence-electron chi connectivity index (χ4n) is 4.06. The minimum Gasteiger partial charge on any atom is -0.467 e. The van der Waals surface area contributed by atoms with Crippen LogP contribution in [0.15, 0.2) is 84.9 Å². The fourth-order valence-corrected chi connectivity index (χ4v) is 6.51. The first kappa shape index (κ1) is 28.1. The van der Waals surface area contributed by atoms with E-state index in [-0.39, 0.29) is 17.7 Å². The summed E-state index contributed by atoms with van der Waals surface area (Å²) in [6, 6.07) is 26.2. The Hall–Kier alpha value is -3.50. The number of benzene rings is 3. The van der Waals surface area contributed by atoms with E-state index < -0.39 is 31.9 Å². The number of ether oxygens (including phenoxy) is 1. The van der Waals surface area contributed by atoms with Gasteiger partial charge in [0.2, 0.25) is 5.91 Å². The Balaban J connectivity index is 1.95. The second-order valence-electron chi connectivity index (χ2n) is 9.47. The first-order valence-corrected chi connectivity index (χ1v) is 13.8. The Morgan fingerprint density at radius 3 is 1.65 bits per heavy atom. The minimum absolute atomic E-state index is 0.166. The van der Waals surface area contributed by atoms with Crippen LogP contribution < -0.4 is 26.5 Å². The zero-order chi connectivity index (χ0) is 26.9. The number of carbonyl (C=O) groups is 3. The Kier molecular flexibility index (Phi) is 9.99. The van der Waals surface area contributed by atoms with Crippen molar-refractivity contribution >= 4 is 41.6 Å². The van der Waals surface area contributed by atoms with E-state index in [1.54, 1.807) is 6.07 Å². The van der Waals surface area contributed by atoms with Gasteiger partial charge in [-0.05, 0) is 41.7 Å². The van der Waals surface area contributed by atoms with Crippen molar-refractivity contribution in [1.82, 2.24) is 10.6 Å². The molecule has 2 amide bonds. The molecule has 0 saturated heterocycles. The van der Waals surface area contributed by atoms with Crippen LogP contribution in [0, 0.1) is 11.8 Å². The third-order valence-corrected chi connectivity index (χ3v) is 8.57. The SMILES string of the molecule is COC(=O)[C@@H](NC(=O)[C@H](NC(=O)c1ccccc1P(c1ccccc1)c1ccccc1)C(C)C)C(C)C. The van der Waals surface area contributed by atoms with Crippen molar-refractivity contribution < 1.29 is 19.1 Å². The average molecular weight is 519 g/mol. The number of esters is 1. The van der Waals surface area contributed by atoms with Crippen LogP contribution in [0.5, 0.6) is 0 Å². The minimum atomic E-state index is -1.01. The van der Waals surface area contributed by atoms with Crippen molar-refractivity contribution in [1.29, 1.82) is 0 Å². The molecule has 0 fully saturated rings. The molecule has 7 heteroatoms. The summed E-state index contributed by atoms with van der Waals surface area (Å²) in [5.41, 5.74) is 0.521. The molecule has 6 nitrogen and oxygen atoms in total. The summed E-state index contributed by atoms with van der Waals surface area (Å²) in [7, 11) is 0.281. The van der Waals surface area contributed by atoms with E-state index in [1.165, 1.54) is 7.11 Å². The Morgan fingerprint density at radius 1 is 0.676 bits per heavy atom. The van der Waals surface area contributed by atoms with Crippen LogP contribution in [-0.4, -0.2) is 37.0 Å². The van der Waals surface area contributed by atoms with Crippen molar-refractivity contribution in [2.24, 2.45) is 11.8 Å². The van der Waals surface area contributed by atoms with Crippen LogP contribution in [0.2, 0.25) is 0 Å². The van der Waals surface area contributed by atoms with Gasteiger partial charge in [-0.3, -0.25) is 9.59 Å². The van der Waals surface area contributed by atoms with Crippen molar-refractivity contribution in [3.05, 3.63) is 90.5 Å². The maximum atomic E-state index is 13.7. The highest BCUT2D eigenvalue weighted by molar-refractivity contribution is 7.80. The Morgan fingerprint density at radius 2 is 1.16 bits per heavy atom. The van der Waals surface area contributed by atoms with Gasteiger partial charge in [-0.2, -0.15) is 0 Å². The van der Waals surface area contributed by atoms with Gasteiger partial charge in [0.1, 0.15) is 12.1 Å². The van der Waals surface area contributed by atoms with Gasteiger partial charge in [-0.1, -0.05) is 107 Å². The lowest BCUT2D eigenvalue weighted by Crippen LogP contribution is -2.55. The highest BCUT2D eigenvalue weighted by Crippen LogP contribution is 2.34. The zero-order valence-corrected chi connectivity index (χ0v) is 22.9. The number of amides is 2. The third kappa shape index (κ3) is 7.05. The molecule has 0 heterocycles. The first-order valence-electron chi connectivity index (χ1n) is 12.4. The molecule has 0 saturated carbocycles. The van der Waals surface area contributed by atoms with Crippen LogP contribution in [0.3, 0.4) is 0 Å². The molecule has 194 valence electrons. The molecule has 2 N–H and O–H groups in total. The number of methoxy groups -OCH3 is 1. The molecular formula is C30H35N2O4P. The molecule has 0 aliphatic carbocycles. The van der Waals surface area contributed by atoms with E-state index in [2.05, 4.69) is 34.9 Å². The summed E-state index contributed by atoms with van der Waals surface area (Å²) >= 11 is 0. The van der Waals surface area contributed by atoms with Crippen molar-refractivity contribution in [3.8, 4) is 0 Å². The fraction of sp³-hybridized carbons (Fsp3) is 0.300. The maximum absolute atomic E-state index is 13.7. The molecule has 0 aliphatic rings. The van der Waals surface area contributed by atoms with Gasteiger partial charge in [0, 0.05) is 5.56 Å². The molecule has 0 bridgehead atoms. The number of hydrogen-bond donors (Lipinski definition) is 2. The number of hydrogen-bond acceptors (Lipinski definition) is 4. The lowest BCUT2D eigenvalue weighted by atomic mass is 10.00. The predicted molar refractivity (Wildman–Crippen MR) is 150 cm³/mol. The smallest absolute Gasteiger partial charge is 0.328 e. The van der Waals surface area contributed by atoms with E-state index in [0.29, 0.717) is 5.56 Å². The van der Waals surface area contributed by atoms with Crippen molar-refractivity contribution in [2.75, 3.05) is 7.11 Å². The highest BCUT2D eigenvalue weighted by atomic mass is 31.1. The van der Waals surface area contributed by atoms with E-state index in [4.69, 9.17) is 4.74 Å². The van der Waals surface area contributed by atoms with E-state index in [0.717, 1.165) is 15.9 Å². The number of carbonyl (C=O) groups excluding carboxylic acids is 3. The summed E-state index contributed by atoms with van der Waals surface area (Å²) in [6.07, 6.45) is 0. The lowest BCUT2D eigenvalue weighted by molar-refractivity contribution is -0.146. The van der Waals surface area contributed by atoms with Crippen LogP contribution in [0.4, 0.5) is 0 Å². The third-order valence-electron chi connectivity index (χ3n) is 6.07. The van der Waals surface area contributed by atoms with Gasteiger partial charge in [-0.15, -0.1) is 0 Å². The van der Waals surface area contributed by atoms with Crippen LogP contribution in [-0.2, 0) is 14.3 Å². The molecule has 2 atom stereocenters. The second kappa shape index (κ2) is 13.2. The van der Waals surface area contributed by atoms with Gasteiger partial charge in [0.15, 0.2) is 0 Å². The average Bonchev–Trinajstić information content (AvgIpc) is 2.91. The number of rotatable bonds is 10. The standard InChI is InChI=1S/C30H35N2O4P/c1-20(2)26(29(34)32-27(21(3)4)30(35)36-5)31-28(33)24-18-12-13-19-25(24)37(22-14-8-6-9-15-22)23-16-10-7-11-17-23/h6-21,26-27H,1-5H3,(H,31,33)(H,32,34)/t26-,27+/m1/s1. The topological polar surface area (TPSA) is 84.5 Å². The van der Waals surface area contributed by atoms with Gasteiger partial charge >= 0.3 is 5.97 Å². The van der Waals surface area contributed by atoms with E-state index in [9.17, 15) is 14.4 Å². The van der Waals surface area contributed by atoms with Gasteiger partial charge in [-0.25, -0.2) is 4.79 Å². The van der Waals surface area contributed by atoms with Gasteiger partial charge in [0.05, 0.1) is 7.11 Å². The molecule has 3 aromatic rings. The summed E-state index contributed by atoms with van der Waals surface area (Å²) in [5.74, 6) is -1.63. The van der Waals surface area contributed by atoms with Crippen LogP contribution >= 0.6 is 7.92 Å². The largest absolute Gasteiger partial charge is 0.467 e. The lowest BCUT2D eigenvalue weighted by Gasteiger charge is -2.27. The molecule has 0 radical (unpaired) electrons. The normalized spacial score (nSPS) is 12.8. The summed E-state index contributed by atoms with van der Waals surface area (Å²) in [6.45, 7) is 7.38.